The van der Waals surface area contributed by atoms with E-state index in [0.717, 1.165) is 0 Å². The van der Waals surface area contributed by atoms with Crippen LogP contribution >= 0.6 is 11.6 Å². The molecule has 6 heteroatoms. The summed E-state index contributed by atoms with van der Waals surface area (Å²) >= 11 is 5.85. The van der Waals surface area contributed by atoms with Crippen LogP contribution in [0, 0.1) is 0 Å². The van der Waals surface area contributed by atoms with E-state index in [1.54, 1.807) is 12.1 Å². The van der Waals surface area contributed by atoms with Crippen molar-refractivity contribution >= 4 is 23.2 Å². The molecule has 100 valence electrons. The van der Waals surface area contributed by atoms with Crippen LogP contribution in [0.1, 0.15) is 16.8 Å². The summed E-state index contributed by atoms with van der Waals surface area (Å²) in [7, 11) is 1.54. The first-order valence-corrected chi connectivity index (χ1v) is 5.92. The van der Waals surface area contributed by atoms with E-state index in [2.05, 4.69) is 5.32 Å². The van der Waals surface area contributed by atoms with Crippen molar-refractivity contribution in [3.8, 4) is 0 Å². The highest BCUT2D eigenvalue weighted by atomic mass is 35.5. The Labute approximate surface area is 111 Å². The van der Waals surface area contributed by atoms with Gasteiger partial charge in [-0.15, -0.1) is 0 Å². The summed E-state index contributed by atoms with van der Waals surface area (Å²) in [6.07, 6.45) is 0.433. The molecule has 1 amide bonds. The largest absolute Gasteiger partial charge is 0.398 e. The lowest BCUT2D eigenvalue weighted by Gasteiger charge is -2.17. The number of hydrogen-bond donors (Lipinski definition) is 3. The molecule has 0 saturated heterocycles. The number of hydrogen-bond acceptors (Lipinski definition) is 4. The molecule has 5 nitrogen and oxygen atoms in total. The Hall–Kier alpha value is -1.30. The summed E-state index contributed by atoms with van der Waals surface area (Å²) in [5.74, 6) is -0.271. The quantitative estimate of drug-likeness (QED) is 0.676. The normalized spacial score (nSPS) is 12.2. The van der Waals surface area contributed by atoms with Gasteiger partial charge in [0.1, 0.15) is 0 Å². The first-order chi connectivity index (χ1) is 8.58. The number of carbonyl (C=O) groups excluding carboxylic acids is 1. The van der Waals surface area contributed by atoms with E-state index in [1.807, 2.05) is 0 Å². The number of aliphatic hydroxyl groups excluding tert-OH is 1. The number of carbonyl (C=O) groups is 1. The van der Waals surface area contributed by atoms with Gasteiger partial charge in [0.05, 0.1) is 23.4 Å². The fourth-order valence-corrected chi connectivity index (χ4v) is 1.67. The Kier molecular flexibility index (Phi) is 5.91. The molecule has 1 unspecified atom stereocenters. The van der Waals surface area contributed by atoms with Gasteiger partial charge in [-0.3, -0.25) is 4.79 Å². The highest BCUT2D eigenvalue weighted by Gasteiger charge is 2.14. The average Bonchev–Trinajstić information content (AvgIpc) is 2.33. The van der Waals surface area contributed by atoms with Crippen LogP contribution in [-0.2, 0) is 4.74 Å². The molecule has 0 heterocycles. The Balaban J connectivity index is 2.70. The van der Waals surface area contributed by atoms with Gasteiger partial charge in [-0.2, -0.15) is 0 Å². The number of anilines is 1. The van der Waals surface area contributed by atoms with Crippen molar-refractivity contribution in [3.05, 3.63) is 28.8 Å². The lowest BCUT2D eigenvalue weighted by molar-refractivity contribution is 0.0879. The molecule has 18 heavy (non-hydrogen) atoms. The summed E-state index contributed by atoms with van der Waals surface area (Å²) in [6.45, 7) is 0.325. The van der Waals surface area contributed by atoms with Crippen molar-refractivity contribution in [2.24, 2.45) is 0 Å². The molecule has 0 radical (unpaired) electrons. The van der Waals surface area contributed by atoms with Crippen LogP contribution in [0.15, 0.2) is 18.2 Å². The van der Waals surface area contributed by atoms with Gasteiger partial charge in [0.15, 0.2) is 0 Å². The Morgan fingerprint density at radius 3 is 2.89 bits per heavy atom. The second kappa shape index (κ2) is 7.20. The van der Waals surface area contributed by atoms with E-state index in [1.165, 1.54) is 13.2 Å². The summed E-state index contributed by atoms with van der Waals surface area (Å²) in [5, 5.41) is 12.0. The van der Waals surface area contributed by atoms with Gasteiger partial charge >= 0.3 is 0 Å². The molecular weight excluding hydrogens is 256 g/mol. The van der Waals surface area contributed by atoms with Crippen LogP contribution in [-0.4, -0.2) is 37.4 Å². The van der Waals surface area contributed by atoms with Crippen molar-refractivity contribution in [1.29, 1.82) is 0 Å². The molecule has 4 N–H and O–H groups in total. The topological polar surface area (TPSA) is 84.6 Å². The van der Waals surface area contributed by atoms with E-state index >= 15 is 0 Å². The Bertz CT molecular complexity index is 406. The van der Waals surface area contributed by atoms with Gasteiger partial charge in [0, 0.05) is 19.3 Å². The molecule has 1 rings (SSSR count). The molecular formula is C12H17ClN2O3. The van der Waals surface area contributed by atoms with Crippen molar-refractivity contribution in [1.82, 2.24) is 5.32 Å². The van der Waals surface area contributed by atoms with Crippen LogP contribution < -0.4 is 11.1 Å². The SMILES string of the molecule is COCC(CCO)NC(=O)c1ccc(N)c(Cl)c1. The molecule has 0 bridgehead atoms. The predicted molar refractivity (Wildman–Crippen MR) is 70.7 cm³/mol. The van der Waals surface area contributed by atoms with Gasteiger partial charge < -0.3 is 20.9 Å². The minimum Gasteiger partial charge on any atom is -0.398 e. The number of nitrogens with one attached hydrogen (secondary N) is 1. The number of ether oxygens (including phenoxy) is 1. The average molecular weight is 273 g/mol. The smallest absolute Gasteiger partial charge is 0.251 e. The molecule has 1 aromatic rings. The van der Waals surface area contributed by atoms with Crippen molar-refractivity contribution in [3.63, 3.8) is 0 Å². The zero-order chi connectivity index (χ0) is 13.5. The Morgan fingerprint density at radius 1 is 1.61 bits per heavy atom. The van der Waals surface area contributed by atoms with Gasteiger partial charge in [0.2, 0.25) is 0 Å². The van der Waals surface area contributed by atoms with E-state index in [9.17, 15) is 4.79 Å². The highest BCUT2D eigenvalue weighted by molar-refractivity contribution is 6.33. The maximum Gasteiger partial charge on any atom is 0.251 e. The number of aliphatic hydroxyl groups is 1. The third-order valence-electron chi connectivity index (χ3n) is 2.44. The third-order valence-corrected chi connectivity index (χ3v) is 2.77. The molecule has 1 aromatic carbocycles. The summed E-state index contributed by atoms with van der Waals surface area (Å²) in [5.41, 5.74) is 6.42. The maximum atomic E-state index is 11.9. The lowest BCUT2D eigenvalue weighted by atomic mass is 10.1. The minimum atomic E-state index is -0.271. The summed E-state index contributed by atoms with van der Waals surface area (Å²) in [4.78, 5) is 11.9. The molecule has 1 atom stereocenters. The number of nitrogens with two attached hydrogens (primary N) is 1. The summed E-state index contributed by atoms with van der Waals surface area (Å²) in [6, 6.07) is 4.45. The number of amides is 1. The van der Waals surface area contributed by atoms with E-state index < -0.39 is 0 Å². The number of methoxy groups -OCH3 is 1. The van der Waals surface area contributed by atoms with Crippen molar-refractivity contribution in [2.75, 3.05) is 26.1 Å². The second-order valence-corrected chi connectivity index (χ2v) is 4.28. The number of benzene rings is 1. The monoisotopic (exact) mass is 272 g/mol. The van der Waals surface area contributed by atoms with Gasteiger partial charge in [-0.25, -0.2) is 0 Å². The number of rotatable bonds is 6. The van der Waals surface area contributed by atoms with E-state index in [-0.39, 0.29) is 18.6 Å². The van der Waals surface area contributed by atoms with E-state index in [0.29, 0.717) is 29.3 Å². The van der Waals surface area contributed by atoms with Gasteiger partial charge in [-0.05, 0) is 24.6 Å². The van der Waals surface area contributed by atoms with Crippen LogP contribution in [0.2, 0.25) is 5.02 Å². The maximum absolute atomic E-state index is 11.9. The third kappa shape index (κ3) is 4.18. The molecule has 0 aliphatic heterocycles. The molecule has 0 spiro atoms. The van der Waals surface area contributed by atoms with E-state index in [4.69, 9.17) is 27.2 Å². The molecule has 0 aliphatic rings. The van der Waals surface area contributed by atoms with Crippen LogP contribution in [0.5, 0.6) is 0 Å². The number of halogens is 1. The van der Waals surface area contributed by atoms with Crippen molar-refractivity contribution in [2.45, 2.75) is 12.5 Å². The van der Waals surface area contributed by atoms with Crippen LogP contribution in [0.25, 0.3) is 0 Å². The fraction of sp³-hybridized carbons (Fsp3) is 0.417. The first-order valence-electron chi connectivity index (χ1n) is 5.54. The van der Waals surface area contributed by atoms with Crippen LogP contribution in [0.4, 0.5) is 5.69 Å². The first kappa shape index (κ1) is 14.8. The zero-order valence-corrected chi connectivity index (χ0v) is 10.9. The predicted octanol–water partition coefficient (Wildman–Crippen LogP) is 1.05. The zero-order valence-electron chi connectivity index (χ0n) is 10.1. The molecule has 0 aliphatic carbocycles. The second-order valence-electron chi connectivity index (χ2n) is 3.87. The van der Waals surface area contributed by atoms with Crippen molar-refractivity contribution < 1.29 is 14.6 Å². The Morgan fingerprint density at radius 2 is 2.33 bits per heavy atom. The standard InChI is InChI=1S/C12H17ClN2O3/c1-18-7-9(4-5-16)15-12(17)8-2-3-11(14)10(13)6-8/h2-3,6,9,16H,4-5,7,14H2,1H3,(H,15,17). The minimum absolute atomic E-state index is 0.0171. The molecule has 0 saturated carbocycles. The van der Waals surface area contributed by atoms with Crippen LogP contribution in [0.3, 0.4) is 0 Å². The van der Waals surface area contributed by atoms with Gasteiger partial charge in [-0.1, -0.05) is 11.6 Å². The lowest BCUT2D eigenvalue weighted by Crippen LogP contribution is -2.38. The number of nitrogen functional groups attached to an aromatic ring is 1. The van der Waals surface area contributed by atoms with Gasteiger partial charge in [0.25, 0.3) is 5.91 Å². The molecule has 0 aromatic heterocycles. The summed E-state index contributed by atoms with van der Waals surface area (Å²) < 4.78 is 4.96. The highest BCUT2D eigenvalue weighted by Crippen LogP contribution is 2.19. The fourth-order valence-electron chi connectivity index (χ4n) is 1.49. The molecule has 0 fully saturated rings.